The van der Waals surface area contributed by atoms with Gasteiger partial charge in [0.25, 0.3) is 0 Å². The number of nitrogens with one attached hydrogen (secondary N) is 10. The van der Waals surface area contributed by atoms with Crippen LogP contribution in [0.15, 0.2) is 30.5 Å². The molecule has 1 aliphatic heterocycles. The molecule has 32 heteroatoms. The van der Waals surface area contributed by atoms with Crippen molar-refractivity contribution in [2.24, 2.45) is 29.2 Å². The Morgan fingerprint density at radius 2 is 0.990 bits per heavy atom. The maximum atomic E-state index is 14.2. The highest BCUT2D eigenvalue weighted by Crippen LogP contribution is 2.23. The lowest BCUT2D eigenvalue weighted by molar-refractivity contribution is -0.144. The molecule has 560 valence electrons. The molecule has 12 amide bonds. The van der Waals surface area contributed by atoms with Crippen LogP contribution < -0.4 is 59.3 Å². The number of carbonyl (C=O) groups excluding carboxylic acids is 12. The number of amides is 12. The third-order valence-corrected chi connectivity index (χ3v) is 17.4. The van der Waals surface area contributed by atoms with Gasteiger partial charge in [-0.05, 0) is 88.2 Å². The third kappa shape index (κ3) is 29.6. The highest BCUT2D eigenvalue weighted by molar-refractivity contribution is 5.99. The van der Waals surface area contributed by atoms with E-state index in [9.17, 15) is 92.7 Å². The summed E-state index contributed by atoms with van der Waals surface area (Å²) in [5, 5.41) is 73.8. The van der Waals surface area contributed by atoms with Gasteiger partial charge in [-0.3, -0.25) is 57.5 Å². The second-order valence-corrected chi connectivity index (χ2v) is 26.9. The number of carbonyl (C=O) groups is 14. The number of likely N-dealkylation sites (tertiary alicyclic amines) is 1. The number of primary amides is 2. The lowest BCUT2D eigenvalue weighted by atomic mass is 9.96. The van der Waals surface area contributed by atoms with Crippen LogP contribution in [0, 0.1) is 17.8 Å². The van der Waals surface area contributed by atoms with Gasteiger partial charge in [0.05, 0.1) is 25.2 Å². The second-order valence-electron chi connectivity index (χ2n) is 26.9. The summed E-state index contributed by atoms with van der Waals surface area (Å²) >= 11 is 0. The number of nitrogens with zero attached hydrogens (tertiary/aromatic N) is 1. The molecule has 19 N–H and O–H groups in total. The monoisotopic (exact) mass is 1410 g/mol. The molecule has 1 aliphatic rings. The molecule has 0 spiro atoms. The quantitative estimate of drug-likeness (QED) is 0.0386. The largest absolute Gasteiger partial charge is 0.480 e. The van der Waals surface area contributed by atoms with E-state index >= 15 is 0 Å². The van der Waals surface area contributed by atoms with Crippen LogP contribution in [0.1, 0.15) is 189 Å². The number of carboxylic acids is 2. The van der Waals surface area contributed by atoms with Crippen molar-refractivity contribution in [3.63, 3.8) is 0 Å². The number of rotatable bonds is 48. The summed E-state index contributed by atoms with van der Waals surface area (Å²) in [7, 11) is 0. The van der Waals surface area contributed by atoms with Gasteiger partial charge in [-0.25, -0.2) is 9.59 Å². The maximum absolute atomic E-state index is 14.2. The van der Waals surface area contributed by atoms with Gasteiger partial charge in [-0.1, -0.05) is 118 Å². The van der Waals surface area contributed by atoms with Crippen LogP contribution in [0.3, 0.4) is 0 Å². The summed E-state index contributed by atoms with van der Waals surface area (Å²) < 4.78 is 0. The van der Waals surface area contributed by atoms with E-state index in [4.69, 9.17) is 11.5 Å². The molecule has 13 atom stereocenters. The van der Waals surface area contributed by atoms with Crippen molar-refractivity contribution in [2.75, 3.05) is 13.2 Å². The fourth-order valence-corrected chi connectivity index (χ4v) is 11.6. The number of aromatic nitrogens is 1. The van der Waals surface area contributed by atoms with Crippen LogP contribution in [0.25, 0.3) is 10.9 Å². The average molecular weight is 1410 g/mol. The minimum absolute atomic E-state index is 0.00303. The van der Waals surface area contributed by atoms with E-state index < -0.39 is 168 Å². The SMILES string of the molecule is CC[C@H](C)[C@H](NC(=O)[C@H](CCC(N)=O)NC(=O)[C@@H]1CCCN1C(=O)CCCCCCCCCCCCC(=O)N[C@@H](CO)C(=O)N[C@H](C(=O)N[C@@H](CC(C)C)C(=O)N[C@@H](CC(N)=O)C(=O)O)[C@@H](C)O)C(=O)N[C@H](C(=O)N[C@@H](CC(C)C)C(=O)N[C@@H](Cc1c[nH]c2ccccc12)C(=O)O)[C@@H](C)O. The van der Waals surface area contributed by atoms with Gasteiger partial charge < -0.3 is 94.7 Å². The van der Waals surface area contributed by atoms with Crippen LogP contribution in [0.5, 0.6) is 0 Å². The lowest BCUT2D eigenvalue weighted by Gasteiger charge is -2.30. The van der Waals surface area contributed by atoms with Crippen molar-refractivity contribution in [1.82, 2.24) is 57.7 Å². The molecule has 2 heterocycles. The summed E-state index contributed by atoms with van der Waals surface area (Å²) in [4.78, 5) is 188. The zero-order valence-electron chi connectivity index (χ0n) is 58.9. The van der Waals surface area contributed by atoms with Gasteiger partial charge in [0.1, 0.15) is 60.4 Å². The summed E-state index contributed by atoms with van der Waals surface area (Å²) in [6.07, 6.45) is 6.38. The standard InChI is InChI=1S/C68H109N13O19/c1-9-39(6)56(64(94)80-58(41(8)84)66(96)75-46(31-37(2)3)60(90)76-48(67(97)98)33-42-35-71-44-24-21-20-23-43(42)44)78-59(89)45(28-29-52(69)85)73-63(93)51-25-22-30-81(51)55(88)27-19-17-15-13-11-10-12-14-16-18-26-54(87)72-50(36-82)62(92)79-57(40(7)83)65(95)74-47(32-38(4)5)61(91)77-49(68(99)100)34-53(70)86/h20-21,23-24,35,37-41,45-51,56-58,71,82-84H,9-19,22,25-34,36H2,1-8H3,(H2,69,85)(H2,70,86)(H,72,87)(H,73,93)(H,74,95)(H,75,96)(H,76,90)(H,77,91)(H,78,89)(H,79,92)(H,80,94)(H,97,98)(H,99,100)/t39-,40+,41+,45-,46-,47-,48-,49-,50-,51-,56-,57-,58-/m0/s1. The molecule has 3 rings (SSSR count). The number of hydrogen-bond donors (Lipinski definition) is 17. The smallest absolute Gasteiger partial charge is 0.326 e. The Kier molecular flexibility index (Phi) is 37.3. The van der Waals surface area contributed by atoms with Gasteiger partial charge >= 0.3 is 11.9 Å². The zero-order chi connectivity index (χ0) is 74.9. The van der Waals surface area contributed by atoms with Crippen molar-refractivity contribution in [2.45, 2.75) is 263 Å². The normalized spacial score (nSPS) is 16.5. The first-order chi connectivity index (χ1) is 47.2. The Balaban J connectivity index is 1.47. The molecule has 1 fully saturated rings. The molecule has 100 heavy (non-hydrogen) atoms. The Labute approximate surface area is 583 Å². The highest BCUT2D eigenvalue weighted by atomic mass is 16.4. The van der Waals surface area contributed by atoms with Crippen molar-refractivity contribution in [1.29, 1.82) is 0 Å². The molecule has 1 saturated heterocycles. The Bertz CT molecular complexity index is 3080. The Morgan fingerprint density at radius 1 is 0.530 bits per heavy atom. The number of aliphatic carboxylic acids is 2. The van der Waals surface area contributed by atoms with E-state index in [1.54, 1.807) is 53.8 Å². The minimum Gasteiger partial charge on any atom is -0.480 e. The van der Waals surface area contributed by atoms with E-state index in [0.29, 0.717) is 50.6 Å². The van der Waals surface area contributed by atoms with Crippen LogP contribution in [0.4, 0.5) is 0 Å². The number of carboxylic acid groups (broad SMARTS) is 2. The van der Waals surface area contributed by atoms with E-state index in [1.165, 1.54) is 18.7 Å². The number of unbranched alkanes of at least 4 members (excludes halogenated alkanes) is 9. The van der Waals surface area contributed by atoms with Gasteiger partial charge in [0.2, 0.25) is 70.9 Å². The summed E-state index contributed by atoms with van der Waals surface area (Å²) in [6.45, 7) is 12.3. The average Bonchev–Trinajstić information content (AvgIpc) is 1.63. The van der Waals surface area contributed by atoms with Gasteiger partial charge in [0, 0.05) is 49.3 Å². The molecule has 0 aliphatic carbocycles. The van der Waals surface area contributed by atoms with Crippen molar-refractivity contribution < 1.29 is 92.7 Å². The fraction of sp³-hybridized carbons (Fsp3) is 0.676. The predicted octanol–water partition coefficient (Wildman–Crippen LogP) is -0.0519. The molecule has 32 nitrogen and oxygen atoms in total. The predicted molar refractivity (Wildman–Crippen MR) is 366 cm³/mol. The Morgan fingerprint density at radius 3 is 1.48 bits per heavy atom. The molecule has 0 bridgehead atoms. The molecule has 2 aromatic rings. The molecule has 0 unspecified atom stereocenters. The number of para-hydroxylation sites is 1. The number of nitrogens with two attached hydrogens (primary N) is 2. The molecular weight excluding hydrogens is 1300 g/mol. The first-order valence-corrected chi connectivity index (χ1v) is 34.8. The number of hydrogen-bond acceptors (Lipinski definition) is 17. The number of aliphatic hydroxyl groups excluding tert-OH is 3. The van der Waals surface area contributed by atoms with Gasteiger partial charge in [-0.15, -0.1) is 0 Å². The van der Waals surface area contributed by atoms with Crippen LogP contribution in [0.2, 0.25) is 0 Å². The molecular formula is C68H109N13O19. The lowest BCUT2D eigenvalue weighted by Crippen LogP contribution is -2.62. The molecule has 0 radical (unpaired) electrons. The van der Waals surface area contributed by atoms with Crippen molar-refractivity contribution in [3.05, 3.63) is 36.0 Å². The third-order valence-electron chi connectivity index (χ3n) is 17.4. The van der Waals surface area contributed by atoms with Crippen molar-refractivity contribution in [3.8, 4) is 0 Å². The van der Waals surface area contributed by atoms with Crippen LogP contribution in [-0.4, -0.2) is 204 Å². The number of aromatic amines is 1. The molecule has 1 aromatic carbocycles. The molecule has 1 aromatic heterocycles. The van der Waals surface area contributed by atoms with Crippen LogP contribution >= 0.6 is 0 Å². The first kappa shape index (κ1) is 85.4. The highest BCUT2D eigenvalue weighted by Gasteiger charge is 2.40. The topological polar surface area (TPSA) is 519 Å². The second kappa shape index (κ2) is 43.7. The Hall–Kier alpha value is -8.78. The van der Waals surface area contributed by atoms with Crippen molar-refractivity contribution >= 4 is 93.7 Å². The number of fused-ring (bicyclic) bond motifs is 1. The summed E-state index contributed by atoms with van der Waals surface area (Å²) in [6, 6.07) is -6.99. The van der Waals surface area contributed by atoms with Crippen LogP contribution in [-0.2, 0) is 73.5 Å². The van der Waals surface area contributed by atoms with E-state index in [1.807, 2.05) is 18.2 Å². The number of aliphatic hydroxyl groups is 3. The van der Waals surface area contributed by atoms with Gasteiger partial charge in [-0.2, -0.15) is 0 Å². The van der Waals surface area contributed by atoms with Gasteiger partial charge in [0.15, 0.2) is 0 Å². The van der Waals surface area contributed by atoms with E-state index in [0.717, 1.165) is 55.8 Å². The maximum Gasteiger partial charge on any atom is 0.326 e. The van der Waals surface area contributed by atoms with E-state index in [2.05, 4.69) is 52.8 Å². The minimum atomic E-state index is -1.68. The molecule has 0 saturated carbocycles. The fourth-order valence-electron chi connectivity index (χ4n) is 11.6. The summed E-state index contributed by atoms with van der Waals surface area (Å²) in [5.41, 5.74) is 12.0. The van der Waals surface area contributed by atoms with E-state index in [-0.39, 0.29) is 62.7 Å². The zero-order valence-corrected chi connectivity index (χ0v) is 58.9. The summed E-state index contributed by atoms with van der Waals surface area (Å²) in [5.74, 6) is -13.6. The number of H-pyrrole nitrogens is 1. The number of benzene rings is 1. The first-order valence-electron chi connectivity index (χ1n) is 34.8.